The van der Waals surface area contributed by atoms with Gasteiger partial charge in [-0.25, -0.2) is 8.42 Å². The molecule has 2 aromatic carbocycles. The normalized spacial score (nSPS) is 12.9. The minimum absolute atomic E-state index is 0.0959. The number of nitrogens with one attached hydrogen (secondary N) is 2. The maximum absolute atomic E-state index is 13.1. The lowest BCUT2D eigenvalue weighted by atomic mass is 9.82. The molecule has 9 nitrogen and oxygen atoms in total. The topological polar surface area (TPSA) is 125 Å². The van der Waals surface area contributed by atoms with Gasteiger partial charge in [-0.05, 0) is 12.1 Å². The fourth-order valence-corrected chi connectivity index (χ4v) is 3.35. The second-order valence-corrected chi connectivity index (χ2v) is 9.38. The molecule has 1 aliphatic carbocycles. The summed E-state index contributed by atoms with van der Waals surface area (Å²) < 4.78 is 31.9. The monoisotopic (exact) mass is 463 g/mol. The van der Waals surface area contributed by atoms with E-state index in [1.165, 1.54) is 0 Å². The van der Waals surface area contributed by atoms with E-state index in [9.17, 15) is 22.6 Å². The second kappa shape index (κ2) is 10.2. The number of anilines is 2. The highest BCUT2D eigenvalue weighted by Crippen LogP contribution is 2.36. The average molecular weight is 464 g/mol. The fourth-order valence-electron chi connectivity index (χ4n) is 3.35. The van der Waals surface area contributed by atoms with Gasteiger partial charge in [0.2, 0.25) is 10.4 Å². The quantitative estimate of drug-likeness (QED) is 0.236. The summed E-state index contributed by atoms with van der Waals surface area (Å²) in [5.74, 6) is -0.198. The standard InChI is InChI=1S/C21H25N3O2.CH4O4S/c1-22-16-10-11-17(23-12-7-13-24(2,3)4)19-18(16)20(25)14-8-5-6-9-15(14)21(19)26;1-5-6(2,3)4/h5-6,8-11H,7,12-13H2,1-4H3,(H-,22,23,25,26);1H3,(H,2,3,4). The summed E-state index contributed by atoms with van der Waals surface area (Å²) in [7, 11) is 4.63. The van der Waals surface area contributed by atoms with Gasteiger partial charge >= 0.3 is 0 Å². The first-order valence-corrected chi connectivity index (χ1v) is 11.3. The van der Waals surface area contributed by atoms with Gasteiger partial charge < -0.3 is 19.7 Å². The second-order valence-electron chi connectivity index (χ2n) is 8.23. The van der Waals surface area contributed by atoms with Crippen LogP contribution >= 0.6 is 0 Å². The molecule has 0 aromatic heterocycles. The van der Waals surface area contributed by atoms with Crippen molar-refractivity contribution in [3.8, 4) is 0 Å². The minimum atomic E-state index is -4.41. The van der Waals surface area contributed by atoms with Crippen LogP contribution in [0.5, 0.6) is 0 Å². The van der Waals surface area contributed by atoms with Gasteiger partial charge in [-0.2, -0.15) is 0 Å². The Bertz CT molecular complexity index is 1110. The Balaban J connectivity index is 0.000000534. The molecule has 0 heterocycles. The number of quaternary nitrogens is 1. The first-order chi connectivity index (χ1) is 14.9. The van der Waals surface area contributed by atoms with Gasteiger partial charge in [0.15, 0.2) is 11.6 Å². The van der Waals surface area contributed by atoms with Crippen LogP contribution in [-0.2, 0) is 14.6 Å². The summed E-state index contributed by atoms with van der Waals surface area (Å²) in [6, 6.07) is 10.8. The van der Waals surface area contributed by atoms with E-state index >= 15 is 0 Å². The lowest BCUT2D eigenvalue weighted by molar-refractivity contribution is -0.870. The van der Waals surface area contributed by atoms with Crippen molar-refractivity contribution in [3.63, 3.8) is 0 Å². The highest BCUT2D eigenvalue weighted by Gasteiger charge is 2.33. The first-order valence-electron chi connectivity index (χ1n) is 9.98. The molecule has 2 aromatic rings. The van der Waals surface area contributed by atoms with Crippen LogP contribution in [0, 0.1) is 0 Å². The van der Waals surface area contributed by atoms with E-state index in [0.717, 1.165) is 36.8 Å². The van der Waals surface area contributed by atoms with Crippen molar-refractivity contribution in [2.75, 3.05) is 59.0 Å². The van der Waals surface area contributed by atoms with Gasteiger partial charge in [0.25, 0.3) is 0 Å². The Morgan fingerprint density at radius 3 is 1.84 bits per heavy atom. The van der Waals surface area contributed by atoms with Crippen molar-refractivity contribution in [3.05, 3.63) is 58.7 Å². The van der Waals surface area contributed by atoms with Crippen LogP contribution in [-0.4, -0.2) is 77.4 Å². The SMILES string of the molecule is CNc1ccc(NCCC[N+](C)(C)C)c2c1C(=O)c1ccccc1C2=O.COS(=O)(=O)[O-]. The van der Waals surface area contributed by atoms with Gasteiger partial charge in [0, 0.05) is 42.5 Å². The predicted octanol–water partition coefficient (Wildman–Crippen LogP) is 2.10. The Labute approximate surface area is 188 Å². The van der Waals surface area contributed by atoms with Crippen molar-refractivity contribution >= 4 is 33.3 Å². The largest absolute Gasteiger partial charge is 0.726 e. The third kappa shape index (κ3) is 6.36. The Morgan fingerprint density at radius 1 is 0.938 bits per heavy atom. The third-order valence-electron chi connectivity index (χ3n) is 4.87. The zero-order valence-corrected chi connectivity index (χ0v) is 19.7. The number of benzene rings is 2. The van der Waals surface area contributed by atoms with Crippen LogP contribution in [0.1, 0.15) is 38.3 Å². The van der Waals surface area contributed by atoms with Gasteiger partial charge in [-0.15, -0.1) is 0 Å². The zero-order valence-electron chi connectivity index (χ0n) is 18.9. The van der Waals surface area contributed by atoms with E-state index in [1.807, 2.05) is 12.1 Å². The number of fused-ring (bicyclic) bond motifs is 2. The molecule has 0 unspecified atom stereocenters. The molecule has 0 radical (unpaired) electrons. The minimum Gasteiger partial charge on any atom is -0.726 e. The van der Waals surface area contributed by atoms with Crippen molar-refractivity contribution in [1.82, 2.24) is 0 Å². The molecule has 0 bridgehead atoms. The molecule has 0 fully saturated rings. The van der Waals surface area contributed by atoms with Crippen LogP contribution in [0.15, 0.2) is 36.4 Å². The molecule has 10 heteroatoms. The maximum Gasteiger partial charge on any atom is 0.217 e. The number of carbonyl (C=O) groups is 2. The van der Waals surface area contributed by atoms with Gasteiger partial charge in [-0.3, -0.25) is 13.8 Å². The van der Waals surface area contributed by atoms with Crippen molar-refractivity contribution in [2.24, 2.45) is 0 Å². The fraction of sp³-hybridized carbons (Fsp3) is 0.364. The summed E-state index contributed by atoms with van der Waals surface area (Å²) in [4.78, 5) is 26.1. The number of rotatable bonds is 7. The highest BCUT2D eigenvalue weighted by atomic mass is 32.3. The summed E-state index contributed by atoms with van der Waals surface area (Å²) >= 11 is 0. The van der Waals surface area contributed by atoms with Gasteiger partial charge in [0.1, 0.15) is 0 Å². The van der Waals surface area contributed by atoms with Crippen LogP contribution in [0.2, 0.25) is 0 Å². The molecule has 2 N–H and O–H groups in total. The molecule has 0 spiro atoms. The summed E-state index contributed by atoms with van der Waals surface area (Å²) in [5, 5.41) is 6.42. The van der Waals surface area contributed by atoms with Crippen molar-refractivity contribution in [1.29, 1.82) is 0 Å². The molecule has 0 amide bonds. The highest BCUT2D eigenvalue weighted by molar-refractivity contribution is 7.80. The molecule has 3 rings (SSSR count). The number of ketones is 2. The Morgan fingerprint density at radius 2 is 1.41 bits per heavy atom. The Kier molecular flexibility index (Phi) is 8.13. The smallest absolute Gasteiger partial charge is 0.217 e. The number of nitrogens with zero attached hydrogens (tertiary/aromatic N) is 1. The molecule has 0 saturated heterocycles. The zero-order chi connectivity index (χ0) is 24.1. The van der Waals surface area contributed by atoms with E-state index in [1.54, 1.807) is 31.3 Å². The number of hydrogen-bond donors (Lipinski definition) is 2. The predicted molar refractivity (Wildman–Crippen MR) is 122 cm³/mol. The molecule has 0 atom stereocenters. The van der Waals surface area contributed by atoms with Crippen LogP contribution < -0.4 is 10.6 Å². The van der Waals surface area contributed by atoms with E-state index in [4.69, 9.17) is 0 Å². The van der Waals surface area contributed by atoms with E-state index in [0.29, 0.717) is 27.9 Å². The first kappa shape index (κ1) is 25.5. The number of hydrogen-bond acceptors (Lipinski definition) is 8. The summed E-state index contributed by atoms with van der Waals surface area (Å²) in [6.07, 6.45) is 0.977. The van der Waals surface area contributed by atoms with Crippen molar-refractivity contribution < 1.29 is 31.2 Å². The molecule has 32 heavy (non-hydrogen) atoms. The average Bonchev–Trinajstić information content (AvgIpc) is 2.73. The van der Waals surface area contributed by atoms with E-state index < -0.39 is 10.4 Å². The Hall–Kier alpha value is -2.79. The molecular weight excluding hydrogens is 434 g/mol. The maximum atomic E-state index is 13.1. The van der Waals surface area contributed by atoms with Crippen LogP contribution in [0.3, 0.4) is 0 Å². The van der Waals surface area contributed by atoms with E-state index in [-0.39, 0.29) is 11.6 Å². The molecule has 0 saturated carbocycles. The summed E-state index contributed by atoms with van der Waals surface area (Å²) in [6.45, 7) is 1.78. The number of carbonyl (C=O) groups excluding carboxylic acids is 2. The summed E-state index contributed by atoms with van der Waals surface area (Å²) in [5.41, 5.74) is 3.31. The lowest BCUT2D eigenvalue weighted by Gasteiger charge is -2.25. The molecule has 1 aliphatic rings. The molecule has 0 aliphatic heterocycles. The molecule has 174 valence electrons. The van der Waals surface area contributed by atoms with Crippen molar-refractivity contribution in [2.45, 2.75) is 6.42 Å². The van der Waals surface area contributed by atoms with Gasteiger partial charge in [-0.1, -0.05) is 24.3 Å². The van der Waals surface area contributed by atoms with Crippen LogP contribution in [0.25, 0.3) is 0 Å². The third-order valence-corrected chi connectivity index (χ3v) is 5.28. The molecular formula is C22H29N3O6S. The van der Waals surface area contributed by atoms with E-state index in [2.05, 4.69) is 36.0 Å². The van der Waals surface area contributed by atoms with Gasteiger partial charge in [0.05, 0.1) is 45.9 Å². The lowest BCUT2D eigenvalue weighted by Crippen LogP contribution is -2.36. The van der Waals surface area contributed by atoms with Crippen LogP contribution in [0.4, 0.5) is 11.4 Å².